The van der Waals surface area contributed by atoms with Crippen molar-refractivity contribution in [2.24, 2.45) is 0 Å². The maximum absolute atomic E-state index is 12.0. The van der Waals surface area contributed by atoms with Crippen LogP contribution in [-0.4, -0.2) is 17.0 Å². The zero-order valence-corrected chi connectivity index (χ0v) is 11.5. The first kappa shape index (κ1) is 13.6. The second-order valence-electron chi connectivity index (χ2n) is 3.89. The molecule has 0 aliphatic rings. The van der Waals surface area contributed by atoms with Crippen LogP contribution < -0.4 is 5.32 Å². The molecule has 0 fully saturated rings. The van der Waals surface area contributed by atoms with Crippen molar-refractivity contribution < 1.29 is 14.7 Å². The number of carboxylic acid groups (broad SMARTS) is 1. The molecule has 0 atom stereocenters. The Morgan fingerprint density at radius 3 is 2.63 bits per heavy atom. The second kappa shape index (κ2) is 5.42. The van der Waals surface area contributed by atoms with E-state index in [1.165, 1.54) is 23.5 Å². The lowest BCUT2D eigenvalue weighted by molar-refractivity contribution is 0.0696. The summed E-state index contributed by atoms with van der Waals surface area (Å²) in [7, 11) is 0. The fourth-order valence-electron chi connectivity index (χ4n) is 1.56. The summed E-state index contributed by atoms with van der Waals surface area (Å²) in [6.45, 7) is 1.84. The van der Waals surface area contributed by atoms with Gasteiger partial charge in [-0.2, -0.15) is 0 Å². The molecule has 0 saturated carbocycles. The fourth-order valence-corrected chi connectivity index (χ4v) is 2.58. The third-order valence-corrected chi connectivity index (χ3v) is 3.87. The lowest BCUT2D eigenvalue weighted by Gasteiger charge is -2.06. The Bertz CT molecular complexity index is 651. The number of thiophene rings is 1. The van der Waals surface area contributed by atoms with Crippen LogP contribution in [0, 0.1) is 6.92 Å². The van der Waals surface area contributed by atoms with E-state index in [4.69, 9.17) is 16.7 Å². The van der Waals surface area contributed by atoms with Crippen molar-refractivity contribution in [1.29, 1.82) is 0 Å². The molecular formula is C13H10ClNO3S. The number of amides is 1. The Balaban J connectivity index is 2.25. The smallest absolute Gasteiger partial charge is 0.337 e. The van der Waals surface area contributed by atoms with Crippen molar-refractivity contribution in [1.82, 2.24) is 0 Å². The molecule has 4 nitrogen and oxygen atoms in total. The first-order valence-electron chi connectivity index (χ1n) is 5.37. The topological polar surface area (TPSA) is 66.4 Å². The Morgan fingerprint density at radius 2 is 2.05 bits per heavy atom. The number of hydrogen-bond acceptors (Lipinski definition) is 3. The number of nitrogens with one attached hydrogen (secondary N) is 1. The van der Waals surface area contributed by atoms with Gasteiger partial charge in [0.25, 0.3) is 5.91 Å². The number of carbonyl (C=O) groups is 2. The monoisotopic (exact) mass is 295 g/mol. The van der Waals surface area contributed by atoms with Crippen LogP contribution in [0.1, 0.15) is 25.6 Å². The van der Waals surface area contributed by atoms with Crippen LogP contribution in [0.15, 0.2) is 29.6 Å². The van der Waals surface area contributed by atoms with E-state index in [-0.39, 0.29) is 16.5 Å². The minimum atomic E-state index is -1.13. The molecular weight excluding hydrogens is 286 g/mol. The molecule has 0 spiro atoms. The van der Waals surface area contributed by atoms with Crippen LogP contribution in [-0.2, 0) is 0 Å². The molecule has 0 aliphatic carbocycles. The molecule has 1 aromatic heterocycles. The van der Waals surface area contributed by atoms with E-state index in [2.05, 4.69) is 5.32 Å². The Kier molecular flexibility index (Phi) is 3.87. The maximum atomic E-state index is 12.0. The van der Waals surface area contributed by atoms with Gasteiger partial charge in [-0.25, -0.2) is 4.79 Å². The van der Waals surface area contributed by atoms with Gasteiger partial charge in [-0.05, 0) is 42.1 Å². The zero-order valence-electron chi connectivity index (χ0n) is 9.94. The molecule has 2 N–H and O–H groups in total. The summed E-state index contributed by atoms with van der Waals surface area (Å²) in [5.41, 5.74) is 1.25. The number of halogens is 1. The summed E-state index contributed by atoms with van der Waals surface area (Å²) >= 11 is 7.10. The highest BCUT2D eigenvalue weighted by Crippen LogP contribution is 2.22. The Hall–Kier alpha value is -1.85. The molecule has 6 heteroatoms. The zero-order chi connectivity index (χ0) is 14.0. The SMILES string of the molecule is Cc1ccsc1C(=O)Nc1ccc(Cl)c(C(=O)O)c1. The van der Waals surface area contributed by atoms with Gasteiger partial charge < -0.3 is 10.4 Å². The molecule has 0 unspecified atom stereocenters. The summed E-state index contributed by atoms with van der Waals surface area (Å²) in [5.74, 6) is -1.39. The standard InChI is InChI=1S/C13H10ClNO3S/c1-7-4-5-19-11(7)12(16)15-8-2-3-10(14)9(6-8)13(17)18/h2-6H,1H3,(H,15,16)(H,17,18). The largest absolute Gasteiger partial charge is 0.478 e. The van der Waals surface area contributed by atoms with Gasteiger partial charge in [-0.1, -0.05) is 11.6 Å². The predicted molar refractivity (Wildman–Crippen MR) is 75.4 cm³/mol. The third-order valence-electron chi connectivity index (χ3n) is 2.52. The molecule has 0 bridgehead atoms. The van der Waals surface area contributed by atoms with E-state index >= 15 is 0 Å². The van der Waals surface area contributed by atoms with E-state index in [9.17, 15) is 9.59 Å². The highest BCUT2D eigenvalue weighted by Gasteiger charge is 2.13. The van der Waals surface area contributed by atoms with Gasteiger partial charge in [0.1, 0.15) is 0 Å². The van der Waals surface area contributed by atoms with Gasteiger partial charge in [-0.15, -0.1) is 11.3 Å². The molecule has 1 heterocycles. The van der Waals surface area contributed by atoms with Crippen LogP contribution in [0.4, 0.5) is 5.69 Å². The summed E-state index contributed by atoms with van der Waals surface area (Å²) in [4.78, 5) is 23.5. The minimum absolute atomic E-state index is 0.0395. The van der Waals surface area contributed by atoms with E-state index in [0.29, 0.717) is 10.6 Å². The van der Waals surface area contributed by atoms with E-state index in [0.717, 1.165) is 5.56 Å². The van der Waals surface area contributed by atoms with Gasteiger partial charge in [0.2, 0.25) is 0 Å². The lowest BCUT2D eigenvalue weighted by Crippen LogP contribution is -2.12. The average molecular weight is 296 g/mol. The average Bonchev–Trinajstić information content (AvgIpc) is 2.77. The minimum Gasteiger partial charge on any atom is -0.478 e. The first-order valence-corrected chi connectivity index (χ1v) is 6.63. The highest BCUT2D eigenvalue weighted by atomic mass is 35.5. The normalized spacial score (nSPS) is 10.2. The summed E-state index contributed by atoms with van der Waals surface area (Å²) in [5, 5.41) is 13.6. The van der Waals surface area contributed by atoms with Crippen molar-refractivity contribution in [3.63, 3.8) is 0 Å². The molecule has 1 amide bonds. The second-order valence-corrected chi connectivity index (χ2v) is 5.21. The summed E-state index contributed by atoms with van der Waals surface area (Å²) in [6, 6.07) is 6.20. The van der Waals surface area contributed by atoms with E-state index in [1.807, 2.05) is 18.4 Å². The number of carboxylic acids is 1. The number of aromatic carboxylic acids is 1. The maximum Gasteiger partial charge on any atom is 0.337 e. The van der Waals surface area contributed by atoms with Crippen molar-refractivity contribution in [3.05, 3.63) is 50.7 Å². The number of hydrogen-bond donors (Lipinski definition) is 2. The van der Waals surface area contributed by atoms with Crippen LogP contribution in [0.2, 0.25) is 5.02 Å². The number of anilines is 1. The molecule has 0 radical (unpaired) electrons. The molecule has 2 rings (SSSR count). The van der Waals surface area contributed by atoms with Crippen LogP contribution in [0.5, 0.6) is 0 Å². The van der Waals surface area contributed by atoms with Crippen molar-refractivity contribution in [2.75, 3.05) is 5.32 Å². The number of benzene rings is 1. The lowest BCUT2D eigenvalue weighted by atomic mass is 10.2. The molecule has 0 saturated heterocycles. The van der Waals surface area contributed by atoms with Crippen molar-refractivity contribution in [2.45, 2.75) is 6.92 Å². The number of carbonyl (C=O) groups excluding carboxylic acids is 1. The van der Waals surface area contributed by atoms with E-state index in [1.54, 1.807) is 6.07 Å². The van der Waals surface area contributed by atoms with Crippen LogP contribution in [0.25, 0.3) is 0 Å². The molecule has 2 aromatic rings. The van der Waals surface area contributed by atoms with Gasteiger partial charge >= 0.3 is 5.97 Å². The van der Waals surface area contributed by atoms with Crippen LogP contribution in [0.3, 0.4) is 0 Å². The van der Waals surface area contributed by atoms with Crippen molar-refractivity contribution >= 4 is 40.5 Å². The quantitative estimate of drug-likeness (QED) is 0.908. The first-order chi connectivity index (χ1) is 8.99. The summed E-state index contributed by atoms with van der Waals surface area (Å²) in [6.07, 6.45) is 0. The highest BCUT2D eigenvalue weighted by molar-refractivity contribution is 7.12. The van der Waals surface area contributed by atoms with E-state index < -0.39 is 5.97 Å². The molecule has 98 valence electrons. The Labute approximate surface area is 118 Å². The van der Waals surface area contributed by atoms with Crippen LogP contribution >= 0.6 is 22.9 Å². The van der Waals surface area contributed by atoms with Gasteiger partial charge in [0.15, 0.2) is 0 Å². The van der Waals surface area contributed by atoms with Gasteiger partial charge in [0, 0.05) is 5.69 Å². The number of rotatable bonds is 3. The summed E-state index contributed by atoms with van der Waals surface area (Å²) < 4.78 is 0. The fraction of sp³-hybridized carbons (Fsp3) is 0.0769. The molecule has 19 heavy (non-hydrogen) atoms. The Morgan fingerprint density at radius 1 is 1.32 bits per heavy atom. The molecule has 0 aliphatic heterocycles. The molecule has 1 aromatic carbocycles. The predicted octanol–water partition coefficient (Wildman–Crippen LogP) is 3.66. The third kappa shape index (κ3) is 2.94. The number of aryl methyl sites for hydroxylation is 1. The van der Waals surface area contributed by atoms with Crippen molar-refractivity contribution in [3.8, 4) is 0 Å². The van der Waals surface area contributed by atoms with Gasteiger partial charge in [0.05, 0.1) is 15.5 Å². The van der Waals surface area contributed by atoms with Gasteiger partial charge in [-0.3, -0.25) is 4.79 Å².